The van der Waals surface area contributed by atoms with Crippen LogP contribution < -0.4 is 10.6 Å². The third kappa shape index (κ3) is 9.23. The lowest BCUT2D eigenvalue weighted by Crippen LogP contribution is -2.42. The van der Waals surface area contributed by atoms with Crippen molar-refractivity contribution in [2.75, 3.05) is 32.8 Å². The molecule has 6 nitrogen and oxygen atoms in total. The lowest BCUT2D eigenvalue weighted by molar-refractivity contribution is 0.113. The van der Waals surface area contributed by atoms with Gasteiger partial charge in [0, 0.05) is 39.3 Å². The van der Waals surface area contributed by atoms with Gasteiger partial charge in [-0.3, -0.25) is 4.99 Å². The van der Waals surface area contributed by atoms with E-state index in [1.807, 2.05) is 12.1 Å². The van der Waals surface area contributed by atoms with Crippen LogP contribution in [-0.2, 0) is 11.2 Å². The van der Waals surface area contributed by atoms with Crippen molar-refractivity contribution in [3.05, 3.63) is 24.2 Å². The third-order valence-electron chi connectivity index (χ3n) is 4.51. The van der Waals surface area contributed by atoms with Gasteiger partial charge in [0.05, 0.1) is 12.4 Å². The summed E-state index contributed by atoms with van der Waals surface area (Å²) in [7, 11) is 0. The average Bonchev–Trinajstić information content (AvgIpc) is 3.30. The molecule has 2 unspecified atom stereocenters. The van der Waals surface area contributed by atoms with E-state index in [4.69, 9.17) is 14.1 Å². The van der Waals surface area contributed by atoms with E-state index in [2.05, 4.69) is 17.6 Å². The van der Waals surface area contributed by atoms with E-state index in [9.17, 15) is 5.11 Å². The van der Waals surface area contributed by atoms with Gasteiger partial charge in [-0.15, -0.1) is 24.0 Å². The quantitative estimate of drug-likeness (QED) is 0.259. The van der Waals surface area contributed by atoms with Crippen molar-refractivity contribution in [2.24, 2.45) is 10.9 Å². The first-order chi connectivity index (χ1) is 12.3. The summed E-state index contributed by atoms with van der Waals surface area (Å²) in [6, 6.07) is 3.89. The highest BCUT2D eigenvalue weighted by Crippen LogP contribution is 2.12. The molecule has 2 heterocycles. The highest BCUT2D eigenvalue weighted by molar-refractivity contribution is 14.0. The van der Waals surface area contributed by atoms with Crippen molar-refractivity contribution in [3.63, 3.8) is 0 Å². The molecule has 2 rings (SSSR count). The molecule has 0 bridgehead atoms. The number of halogens is 1. The van der Waals surface area contributed by atoms with Crippen LogP contribution in [0.5, 0.6) is 0 Å². The smallest absolute Gasteiger partial charge is 0.191 e. The molecule has 1 aliphatic heterocycles. The van der Waals surface area contributed by atoms with Crippen LogP contribution in [-0.4, -0.2) is 50.0 Å². The first kappa shape index (κ1) is 23.2. The Kier molecular flexibility index (Phi) is 12.8. The number of ether oxygens (including phenoxy) is 1. The standard InChI is InChI=1S/C19H33N3O3.HI/c1-2-5-16(9-11-23)14-21-19(22-15-18-7-4-13-25-18)20-10-8-17-6-3-12-24-17;/h3,6,12,16,18,23H,2,4-5,7-11,13-15H2,1H3,(H2,20,21,22);1H. The molecular formula is C19H34IN3O3. The molecule has 26 heavy (non-hydrogen) atoms. The summed E-state index contributed by atoms with van der Waals surface area (Å²) in [5, 5.41) is 16.0. The average molecular weight is 479 g/mol. The summed E-state index contributed by atoms with van der Waals surface area (Å²) < 4.78 is 11.0. The number of aliphatic hydroxyl groups is 1. The SMILES string of the molecule is CCCC(CCO)CN=C(NCCc1ccco1)NCC1CCCO1.I. The Hall–Kier alpha value is -0.800. The van der Waals surface area contributed by atoms with Crippen molar-refractivity contribution in [3.8, 4) is 0 Å². The number of guanidine groups is 1. The lowest BCUT2D eigenvalue weighted by atomic mass is 10.0. The van der Waals surface area contributed by atoms with Gasteiger partial charge in [-0.2, -0.15) is 0 Å². The molecule has 2 atom stereocenters. The highest BCUT2D eigenvalue weighted by Gasteiger charge is 2.16. The fraction of sp³-hybridized carbons (Fsp3) is 0.737. The van der Waals surface area contributed by atoms with Gasteiger partial charge in [0.15, 0.2) is 5.96 Å². The molecule has 1 aliphatic rings. The maximum atomic E-state index is 9.22. The first-order valence-corrected chi connectivity index (χ1v) is 9.58. The second kappa shape index (κ2) is 14.3. The molecule has 0 amide bonds. The minimum Gasteiger partial charge on any atom is -0.469 e. The molecular weight excluding hydrogens is 445 g/mol. The van der Waals surface area contributed by atoms with Gasteiger partial charge in [-0.25, -0.2) is 0 Å². The maximum Gasteiger partial charge on any atom is 0.191 e. The number of hydrogen-bond donors (Lipinski definition) is 3. The van der Waals surface area contributed by atoms with Gasteiger partial charge < -0.3 is 24.9 Å². The first-order valence-electron chi connectivity index (χ1n) is 9.58. The number of furan rings is 1. The summed E-state index contributed by atoms with van der Waals surface area (Å²) in [6.45, 7) is 5.54. The van der Waals surface area contributed by atoms with Gasteiger partial charge in [0.1, 0.15) is 5.76 Å². The molecule has 1 aromatic rings. The molecule has 1 saturated heterocycles. The second-order valence-electron chi connectivity index (χ2n) is 6.63. The summed E-state index contributed by atoms with van der Waals surface area (Å²) in [5.74, 6) is 2.22. The maximum absolute atomic E-state index is 9.22. The van der Waals surface area contributed by atoms with Crippen LogP contribution in [0.3, 0.4) is 0 Å². The molecule has 150 valence electrons. The van der Waals surface area contributed by atoms with Crippen molar-refractivity contribution < 1.29 is 14.3 Å². The normalized spacial score (nSPS) is 18.4. The molecule has 3 N–H and O–H groups in total. The van der Waals surface area contributed by atoms with Gasteiger partial charge >= 0.3 is 0 Å². The van der Waals surface area contributed by atoms with E-state index in [0.29, 0.717) is 5.92 Å². The molecule has 1 fully saturated rings. The molecule has 0 aliphatic carbocycles. The number of nitrogens with one attached hydrogen (secondary N) is 2. The second-order valence-corrected chi connectivity index (χ2v) is 6.63. The van der Waals surface area contributed by atoms with E-state index >= 15 is 0 Å². The Morgan fingerprint density at radius 3 is 2.92 bits per heavy atom. The zero-order valence-corrected chi connectivity index (χ0v) is 18.1. The lowest BCUT2D eigenvalue weighted by Gasteiger charge is -2.17. The van der Waals surface area contributed by atoms with E-state index in [1.54, 1.807) is 6.26 Å². The Balaban J connectivity index is 0.00000338. The minimum absolute atomic E-state index is 0. The number of rotatable bonds is 11. The Bertz CT molecular complexity index is 470. The number of nitrogens with zero attached hydrogens (tertiary/aromatic N) is 1. The van der Waals surface area contributed by atoms with Crippen molar-refractivity contribution in [2.45, 2.75) is 51.6 Å². The Morgan fingerprint density at radius 2 is 2.27 bits per heavy atom. The zero-order chi connectivity index (χ0) is 17.7. The third-order valence-corrected chi connectivity index (χ3v) is 4.51. The van der Waals surface area contributed by atoms with Crippen molar-refractivity contribution >= 4 is 29.9 Å². The molecule has 0 aromatic carbocycles. The van der Waals surface area contributed by atoms with Crippen LogP contribution in [0.2, 0.25) is 0 Å². The summed E-state index contributed by atoms with van der Waals surface area (Å²) in [5.41, 5.74) is 0. The fourth-order valence-electron chi connectivity index (χ4n) is 3.09. The molecule has 1 aromatic heterocycles. The largest absolute Gasteiger partial charge is 0.469 e. The van der Waals surface area contributed by atoms with Crippen LogP contribution >= 0.6 is 24.0 Å². The predicted molar refractivity (Wildman–Crippen MR) is 115 cm³/mol. The molecule has 7 heteroatoms. The van der Waals surface area contributed by atoms with Gasteiger partial charge in [-0.05, 0) is 43.7 Å². The Labute approximate surface area is 174 Å². The summed E-state index contributed by atoms with van der Waals surface area (Å²) in [6.07, 6.45) is 8.06. The zero-order valence-electron chi connectivity index (χ0n) is 15.8. The molecule has 0 spiro atoms. The predicted octanol–water partition coefficient (Wildman–Crippen LogP) is 2.95. The number of aliphatic hydroxyl groups excluding tert-OH is 1. The number of aliphatic imine (C=N–C) groups is 1. The minimum atomic E-state index is 0. The molecule has 0 saturated carbocycles. The van der Waals surface area contributed by atoms with Crippen LogP contribution in [0, 0.1) is 5.92 Å². The van der Waals surface area contributed by atoms with E-state index < -0.39 is 0 Å². The van der Waals surface area contributed by atoms with Crippen LogP contribution in [0.4, 0.5) is 0 Å². The van der Waals surface area contributed by atoms with Crippen molar-refractivity contribution in [1.29, 1.82) is 0 Å². The van der Waals surface area contributed by atoms with Gasteiger partial charge in [-0.1, -0.05) is 13.3 Å². The van der Waals surface area contributed by atoms with E-state index in [-0.39, 0.29) is 36.7 Å². The highest BCUT2D eigenvalue weighted by atomic mass is 127. The topological polar surface area (TPSA) is 79.0 Å². The Morgan fingerprint density at radius 1 is 1.38 bits per heavy atom. The summed E-state index contributed by atoms with van der Waals surface area (Å²) >= 11 is 0. The van der Waals surface area contributed by atoms with E-state index in [1.165, 1.54) is 0 Å². The van der Waals surface area contributed by atoms with Crippen LogP contribution in [0.15, 0.2) is 27.8 Å². The van der Waals surface area contributed by atoms with Crippen LogP contribution in [0.25, 0.3) is 0 Å². The van der Waals surface area contributed by atoms with Gasteiger partial charge in [0.2, 0.25) is 0 Å². The van der Waals surface area contributed by atoms with E-state index in [0.717, 1.165) is 76.5 Å². The monoisotopic (exact) mass is 479 g/mol. The van der Waals surface area contributed by atoms with Crippen LogP contribution in [0.1, 0.15) is 44.8 Å². The summed E-state index contributed by atoms with van der Waals surface area (Å²) in [4.78, 5) is 4.74. The van der Waals surface area contributed by atoms with Gasteiger partial charge in [0.25, 0.3) is 0 Å². The number of hydrogen-bond acceptors (Lipinski definition) is 4. The van der Waals surface area contributed by atoms with Crippen molar-refractivity contribution in [1.82, 2.24) is 10.6 Å². The molecule has 0 radical (unpaired) electrons. The fourth-order valence-corrected chi connectivity index (χ4v) is 3.09.